The van der Waals surface area contributed by atoms with Crippen LogP contribution in [0.5, 0.6) is 0 Å². The molecule has 3 aromatic rings. The minimum Gasteiger partial charge on any atom is -0.346 e. The van der Waals surface area contributed by atoms with Crippen LogP contribution in [-0.4, -0.2) is 25.6 Å². The fourth-order valence-corrected chi connectivity index (χ4v) is 4.48. The first kappa shape index (κ1) is 24.4. The molecule has 0 aliphatic carbocycles. The number of rotatable bonds is 11. The van der Waals surface area contributed by atoms with Crippen LogP contribution in [0.4, 0.5) is 5.69 Å². The SMILES string of the molecule is CCCCCC(=O)NC(C)c1nnc(SCc2ccccc2C)n1-c1ccc([N+](=O)[O-])cc1. The predicted octanol–water partition coefficient (Wildman–Crippen LogP) is 5.53. The van der Waals surface area contributed by atoms with Crippen molar-refractivity contribution in [3.63, 3.8) is 0 Å². The van der Waals surface area contributed by atoms with Gasteiger partial charge in [0.25, 0.3) is 5.69 Å². The molecule has 9 heteroatoms. The van der Waals surface area contributed by atoms with Gasteiger partial charge in [0.1, 0.15) is 0 Å². The molecule has 8 nitrogen and oxygen atoms in total. The molecule has 0 radical (unpaired) electrons. The number of thioether (sulfide) groups is 1. The first-order chi connectivity index (χ1) is 15.9. The van der Waals surface area contributed by atoms with Crippen LogP contribution in [0.15, 0.2) is 53.7 Å². The van der Waals surface area contributed by atoms with Gasteiger partial charge in [-0.25, -0.2) is 0 Å². The smallest absolute Gasteiger partial charge is 0.269 e. The molecule has 1 heterocycles. The Morgan fingerprint density at radius 3 is 2.55 bits per heavy atom. The van der Waals surface area contributed by atoms with Crippen molar-refractivity contribution in [3.8, 4) is 5.69 Å². The topological polar surface area (TPSA) is 103 Å². The molecule has 0 fully saturated rings. The second-order valence-electron chi connectivity index (χ2n) is 7.91. The number of benzene rings is 2. The number of unbranched alkanes of at least 4 members (excludes halogenated alkanes) is 2. The van der Waals surface area contributed by atoms with E-state index in [0.717, 1.165) is 19.3 Å². The Morgan fingerprint density at radius 2 is 1.88 bits per heavy atom. The highest BCUT2D eigenvalue weighted by molar-refractivity contribution is 7.98. The van der Waals surface area contributed by atoms with E-state index in [0.29, 0.717) is 28.8 Å². The van der Waals surface area contributed by atoms with Gasteiger partial charge in [-0.05, 0) is 43.5 Å². The summed E-state index contributed by atoms with van der Waals surface area (Å²) in [6.07, 6.45) is 3.39. The first-order valence-corrected chi connectivity index (χ1v) is 12.1. The molecule has 1 atom stereocenters. The molecule has 1 aromatic heterocycles. The Balaban J connectivity index is 1.88. The molecule has 0 saturated carbocycles. The van der Waals surface area contributed by atoms with Gasteiger partial charge >= 0.3 is 0 Å². The summed E-state index contributed by atoms with van der Waals surface area (Å²) in [7, 11) is 0. The molecule has 1 unspecified atom stereocenters. The van der Waals surface area contributed by atoms with Gasteiger partial charge in [0.05, 0.1) is 11.0 Å². The molecule has 0 saturated heterocycles. The summed E-state index contributed by atoms with van der Waals surface area (Å²) in [5.74, 6) is 1.26. The Hall–Kier alpha value is -3.20. The number of nitrogens with zero attached hydrogens (tertiary/aromatic N) is 4. The Morgan fingerprint density at radius 1 is 1.15 bits per heavy atom. The maximum atomic E-state index is 12.4. The predicted molar refractivity (Wildman–Crippen MR) is 129 cm³/mol. The zero-order valence-corrected chi connectivity index (χ0v) is 20.0. The molecule has 3 rings (SSSR count). The molecule has 0 spiro atoms. The van der Waals surface area contributed by atoms with Crippen LogP contribution >= 0.6 is 11.8 Å². The third kappa shape index (κ3) is 6.41. The Labute approximate surface area is 198 Å². The number of carbonyl (C=O) groups excluding carboxylic acids is 1. The van der Waals surface area contributed by atoms with Gasteiger partial charge < -0.3 is 5.32 Å². The third-order valence-corrected chi connectivity index (χ3v) is 6.35. The number of hydrogen-bond acceptors (Lipinski definition) is 6. The van der Waals surface area contributed by atoms with Crippen molar-refractivity contribution in [2.45, 2.75) is 63.4 Å². The zero-order valence-electron chi connectivity index (χ0n) is 19.2. The Kier molecular flexibility index (Phi) is 8.59. The monoisotopic (exact) mass is 467 g/mol. The molecular formula is C24H29N5O3S. The number of carbonyl (C=O) groups is 1. The maximum absolute atomic E-state index is 12.4. The average molecular weight is 468 g/mol. The molecule has 1 amide bonds. The highest BCUT2D eigenvalue weighted by atomic mass is 32.2. The lowest BCUT2D eigenvalue weighted by Gasteiger charge is -2.16. The van der Waals surface area contributed by atoms with E-state index >= 15 is 0 Å². The summed E-state index contributed by atoms with van der Waals surface area (Å²) >= 11 is 1.54. The molecule has 0 aliphatic rings. The highest BCUT2D eigenvalue weighted by Crippen LogP contribution is 2.29. The summed E-state index contributed by atoms with van der Waals surface area (Å²) in [4.78, 5) is 23.0. The molecule has 174 valence electrons. The van der Waals surface area contributed by atoms with Crippen molar-refractivity contribution < 1.29 is 9.72 Å². The number of nitrogens with one attached hydrogen (secondary N) is 1. The molecule has 1 N–H and O–H groups in total. The van der Waals surface area contributed by atoms with Gasteiger partial charge in [-0.1, -0.05) is 55.8 Å². The number of amides is 1. The van der Waals surface area contributed by atoms with E-state index in [-0.39, 0.29) is 17.6 Å². The van der Waals surface area contributed by atoms with E-state index in [2.05, 4.69) is 41.5 Å². The van der Waals surface area contributed by atoms with Crippen molar-refractivity contribution in [2.24, 2.45) is 0 Å². The molecule has 2 aromatic carbocycles. The van der Waals surface area contributed by atoms with Crippen molar-refractivity contribution in [1.82, 2.24) is 20.1 Å². The van der Waals surface area contributed by atoms with E-state index in [1.807, 2.05) is 23.6 Å². The van der Waals surface area contributed by atoms with Crippen LogP contribution in [0.2, 0.25) is 0 Å². The fourth-order valence-electron chi connectivity index (χ4n) is 3.45. The second-order valence-corrected chi connectivity index (χ2v) is 8.85. The lowest BCUT2D eigenvalue weighted by molar-refractivity contribution is -0.384. The van der Waals surface area contributed by atoms with Crippen LogP contribution in [-0.2, 0) is 10.5 Å². The van der Waals surface area contributed by atoms with Gasteiger partial charge in [0, 0.05) is 30.0 Å². The normalized spacial score (nSPS) is 11.8. The molecular weight excluding hydrogens is 438 g/mol. The average Bonchev–Trinajstić information content (AvgIpc) is 3.23. The zero-order chi connectivity index (χ0) is 23.8. The summed E-state index contributed by atoms with van der Waals surface area (Å²) < 4.78 is 1.86. The minimum atomic E-state index is -0.427. The van der Waals surface area contributed by atoms with Crippen molar-refractivity contribution in [1.29, 1.82) is 0 Å². The summed E-state index contributed by atoms with van der Waals surface area (Å²) in [6.45, 7) is 6.04. The summed E-state index contributed by atoms with van der Waals surface area (Å²) in [5.41, 5.74) is 3.11. The van der Waals surface area contributed by atoms with Gasteiger partial charge in [0.2, 0.25) is 5.91 Å². The quantitative estimate of drug-likeness (QED) is 0.172. The standard InChI is InChI=1S/C24H29N5O3S/c1-4-5-6-11-22(30)25-18(3)23-26-27-24(33-16-19-10-8-7-9-17(19)2)28(23)20-12-14-21(15-13-20)29(31)32/h7-10,12-15,18H,4-6,11,16H2,1-3H3,(H,25,30). The van der Waals surface area contributed by atoms with E-state index in [4.69, 9.17) is 0 Å². The number of aryl methyl sites for hydroxylation is 1. The molecule has 33 heavy (non-hydrogen) atoms. The highest BCUT2D eigenvalue weighted by Gasteiger charge is 2.21. The van der Waals surface area contributed by atoms with Crippen molar-refractivity contribution in [3.05, 3.63) is 75.6 Å². The van der Waals surface area contributed by atoms with Gasteiger partial charge in [-0.15, -0.1) is 10.2 Å². The lowest BCUT2D eigenvalue weighted by atomic mass is 10.1. The second kappa shape index (κ2) is 11.6. The van der Waals surface area contributed by atoms with E-state index in [1.165, 1.54) is 35.0 Å². The van der Waals surface area contributed by atoms with E-state index in [9.17, 15) is 14.9 Å². The Bertz CT molecular complexity index is 1100. The molecule has 0 bridgehead atoms. The summed E-state index contributed by atoms with van der Waals surface area (Å²) in [5, 5.41) is 23.5. The minimum absolute atomic E-state index is 0.0137. The van der Waals surface area contributed by atoms with Gasteiger partial charge in [-0.2, -0.15) is 0 Å². The molecule has 0 aliphatic heterocycles. The van der Waals surface area contributed by atoms with Gasteiger partial charge in [-0.3, -0.25) is 19.5 Å². The third-order valence-electron chi connectivity index (χ3n) is 5.37. The van der Waals surface area contributed by atoms with Crippen molar-refractivity contribution in [2.75, 3.05) is 0 Å². The first-order valence-electron chi connectivity index (χ1n) is 11.1. The summed E-state index contributed by atoms with van der Waals surface area (Å²) in [6, 6.07) is 14.1. The van der Waals surface area contributed by atoms with Crippen LogP contribution < -0.4 is 5.32 Å². The van der Waals surface area contributed by atoms with Crippen LogP contribution in [0.3, 0.4) is 0 Å². The maximum Gasteiger partial charge on any atom is 0.269 e. The largest absolute Gasteiger partial charge is 0.346 e. The lowest BCUT2D eigenvalue weighted by Crippen LogP contribution is -2.28. The number of nitro benzene ring substituents is 1. The number of non-ortho nitro benzene ring substituents is 1. The number of aromatic nitrogens is 3. The van der Waals surface area contributed by atoms with Gasteiger partial charge in [0.15, 0.2) is 11.0 Å². The van der Waals surface area contributed by atoms with Crippen LogP contribution in [0, 0.1) is 17.0 Å². The fraction of sp³-hybridized carbons (Fsp3) is 0.375. The van der Waals surface area contributed by atoms with E-state index in [1.54, 1.807) is 12.1 Å². The van der Waals surface area contributed by atoms with Crippen molar-refractivity contribution >= 4 is 23.4 Å². The van der Waals surface area contributed by atoms with E-state index < -0.39 is 4.92 Å². The number of hydrogen-bond donors (Lipinski definition) is 1. The van der Waals surface area contributed by atoms with Crippen LogP contribution in [0.1, 0.15) is 62.5 Å². The number of nitro groups is 1. The van der Waals surface area contributed by atoms with Crippen LogP contribution in [0.25, 0.3) is 5.69 Å².